The van der Waals surface area contributed by atoms with Crippen LogP contribution in [-0.4, -0.2) is 16.5 Å². The highest BCUT2D eigenvalue weighted by molar-refractivity contribution is 5.92. The molecule has 4 saturated carbocycles. The van der Waals surface area contributed by atoms with Crippen molar-refractivity contribution >= 4 is 5.78 Å². The first-order valence-electron chi connectivity index (χ1n) is 3.99. The number of carbonyl (C=O) groups excluding carboxylic acids is 1. The second-order valence-electron chi connectivity index (χ2n) is 3.94. The normalized spacial score (nSPS) is 62.9. The van der Waals surface area contributed by atoms with Crippen molar-refractivity contribution < 1.29 is 9.90 Å². The Balaban J connectivity index is 2.15. The molecule has 4 rings (SSSR count). The lowest BCUT2D eigenvalue weighted by Crippen LogP contribution is -2.45. The molecule has 4 aliphatic carbocycles. The summed E-state index contributed by atoms with van der Waals surface area (Å²) in [5, 5.41) is 9.81. The summed E-state index contributed by atoms with van der Waals surface area (Å²) in [6.07, 6.45) is 2.83. The van der Waals surface area contributed by atoms with Crippen LogP contribution in [0.3, 0.4) is 0 Å². The molecule has 0 amide bonds. The van der Waals surface area contributed by atoms with Gasteiger partial charge in [0, 0.05) is 11.8 Å². The van der Waals surface area contributed by atoms with Crippen LogP contribution < -0.4 is 0 Å². The first kappa shape index (κ1) is 5.30. The highest BCUT2D eigenvalue weighted by Gasteiger charge is 2.72. The number of Topliss-reactive ketones (excluding diaryl/α,β-unsaturated/α-hetero) is 1. The summed E-state index contributed by atoms with van der Waals surface area (Å²) in [4.78, 5) is 11.3. The number of hydrogen-bond acceptors (Lipinski definition) is 2. The first-order valence-corrected chi connectivity index (χ1v) is 3.99. The minimum absolute atomic E-state index is 0.0440. The minimum Gasteiger partial charge on any atom is -0.389 e. The quantitative estimate of drug-likeness (QED) is 0.524. The molecular weight excluding hydrogens is 128 g/mol. The predicted molar refractivity (Wildman–Crippen MR) is 34.3 cm³/mol. The van der Waals surface area contributed by atoms with Crippen molar-refractivity contribution in [2.75, 3.05) is 0 Å². The van der Waals surface area contributed by atoms with E-state index in [1.807, 2.05) is 0 Å². The fourth-order valence-corrected chi connectivity index (χ4v) is 3.23. The van der Waals surface area contributed by atoms with Gasteiger partial charge in [-0.05, 0) is 25.2 Å². The summed E-state index contributed by atoms with van der Waals surface area (Å²) in [5.41, 5.74) is -0.512. The number of hydrogen-bond donors (Lipinski definition) is 1. The number of ketones is 1. The standard InChI is InChI=1S/C8H10O2/c9-7-4-3-8(10)5(4)1-2-6(7)8/h4-6,10H,1-3H2. The average molecular weight is 138 g/mol. The lowest BCUT2D eigenvalue weighted by Gasteiger charge is -2.39. The highest BCUT2D eigenvalue weighted by atomic mass is 16.3. The van der Waals surface area contributed by atoms with Gasteiger partial charge in [0.2, 0.25) is 0 Å². The van der Waals surface area contributed by atoms with E-state index in [4.69, 9.17) is 0 Å². The third-order valence-electron chi connectivity index (χ3n) is 3.75. The molecule has 0 aromatic heterocycles. The molecule has 0 radical (unpaired) electrons. The highest BCUT2D eigenvalue weighted by Crippen LogP contribution is 2.65. The zero-order valence-corrected chi connectivity index (χ0v) is 5.71. The lowest BCUT2D eigenvalue weighted by atomic mass is 9.69. The van der Waals surface area contributed by atoms with Crippen LogP contribution in [0.5, 0.6) is 0 Å². The van der Waals surface area contributed by atoms with Gasteiger partial charge < -0.3 is 5.11 Å². The molecule has 4 aliphatic rings. The van der Waals surface area contributed by atoms with Gasteiger partial charge in [-0.3, -0.25) is 4.79 Å². The van der Waals surface area contributed by atoms with Crippen LogP contribution in [0, 0.1) is 17.8 Å². The molecule has 0 aliphatic heterocycles. The second-order valence-corrected chi connectivity index (χ2v) is 3.94. The molecule has 4 bridgehead atoms. The molecule has 4 fully saturated rings. The number of carbonyl (C=O) groups is 1. The van der Waals surface area contributed by atoms with Crippen LogP contribution in [0.25, 0.3) is 0 Å². The van der Waals surface area contributed by atoms with E-state index < -0.39 is 5.60 Å². The maximum atomic E-state index is 11.3. The largest absolute Gasteiger partial charge is 0.389 e. The molecular formula is C8H10O2. The van der Waals surface area contributed by atoms with Crippen LogP contribution >= 0.6 is 0 Å². The SMILES string of the molecule is O=C1C2CC3(O)C1CCC23. The van der Waals surface area contributed by atoms with Gasteiger partial charge in [-0.15, -0.1) is 0 Å². The lowest BCUT2D eigenvalue weighted by molar-refractivity contribution is -0.125. The third kappa shape index (κ3) is 0.297. The number of aliphatic hydroxyl groups is 1. The fourth-order valence-electron chi connectivity index (χ4n) is 3.23. The monoisotopic (exact) mass is 138 g/mol. The zero-order valence-electron chi connectivity index (χ0n) is 5.71. The molecule has 4 atom stereocenters. The van der Waals surface area contributed by atoms with Gasteiger partial charge in [-0.2, -0.15) is 0 Å². The molecule has 4 unspecified atom stereocenters. The minimum atomic E-state index is -0.512. The Labute approximate surface area is 59.2 Å². The Morgan fingerprint density at radius 3 is 2.70 bits per heavy atom. The van der Waals surface area contributed by atoms with Crippen molar-refractivity contribution in [3.8, 4) is 0 Å². The molecule has 1 N–H and O–H groups in total. The van der Waals surface area contributed by atoms with Crippen molar-refractivity contribution in [1.82, 2.24) is 0 Å². The van der Waals surface area contributed by atoms with Gasteiger partial charge >= 0.3 is 0 Å². The van der Waals surface area contributed by atoms with Gasteiger partial charge in [0.1, 0.15) is 5.78 Å². The van der Waals surface area contributed by atoms with Crippen LogP contribution in [0.4, 0.5) is 0 Å². The van der Waals surface area contributed by atoms with Gasteiger partial charge in [0.15, 0.2) is 0 Å². The smallest absolute Gasteiger partial charge is 0.142 e. The molecule has 10 heavy (non-hydrogen) atoms. The van der Waals surface area contributed by atoms with Crippen LogP contribution in [0.1, 0.15) is 19.3 Å². The third-order valence-corrected chi connectivity index (χ3v) is 3.75. The van der Waals surface area contributed by atoms with Gasteiger partial charge in [-0.25, -0.2) is 0 Å². The summed E-state index contributed by atoms with van der Waals surface area (Å²) in [5.74, 6) is 1.04. The Kier molecular flexibility index (Phi) is 0.626. The first-order chi connectivity index (χ1) is 4.73. The second kappa shape index (κ2) is 1.18. The van der Waals surface area contributed by atoms with E-state index in [0.29, 0.717) is 11.7 Å². The van der Waals surface area contributed by atoms with Crippen molar-refractivity contribution in [3.63, 3.8) is 0 Å². The van der Waals surface area contributed by atoms with Crippen molar-refractivity contribution in [3.05, 3.63) is 0 Å². The van der Waals surface area contributed by atoms with E-state index in [1.54, 1.807) is 0 Å². The van der Waals surface area contributed by atoms with Crippen molar-refractivity contribution in [1.29, 1.82) is 0 Å². The maximum Gasteiger partial charge on any atom is 0.142 e. The van der Waals surface area contributed by atoms with Crippen molar-refractivity contribution in [2.45, 2.75) is 24.9 Å². The average Bonchev–Trinajstić information content (AvgIpc) is 2.28. The summed E-state index contributed by atoms with van der Waals surface area (Å²) in [6, 6.07) is 0. The van der Waals surface area contributed by atoms with E-state index in [0.717, 1.165) is 19.3 Å². The van der Waals surface area contributed by atoms with E-state index in [1.165, 1.54) is 0 Å². The molecule has 0 heterocycles. The van der Waals surface area contributed by atoms with Gasteiger partial charge in [0.05, 0.1) is 5.60 Å². The van der Waals surface area contributed by atoms with E-state index in [-0.39, 0.29) is 11.8 Å². The molecule has 0 aromatic carbocycles. The van der Waals surface area contributed by atoms with Gasteiger partial charge in [0.25, 0.3) is 0 Å². The molecule has 2 nitrogen and oxygen atoms in total. The summed E-state index contributed by atoms with van der Waals surface area (Å²) in [7, 11) is 0. The molecule has 0 aromatic rings. The van der Waals surface area contributed by atoms with E-state index >= 15 is 0 Å². The Hall–Kier alpha value is -0.370. The summed E-state index contributed by atoms with van der Waals surface area (Å²) in [6.45, 7) is 0. The van der Waals surface area contributed by atoms with Crippen LogP contribution in [0.15, 0.2) is 0 Å². The van der Waals surface area contributed by atoms with Crippen LogP contribution in [-0.2, 0) is 4.79 Å². The van der Waals surface area contributed by atoms with E-state index in [9.17, 15) is 9.90 Å². The Morgan fingerprint density at radius 1 is 1.50 bits per heavy atom. The molecule has 0 saturated heterocycles. The number of rotatable bonds is 0. The Bertz CT molecular complexity index is 223. The Morgan fingerprint density at radius 2 is 2.30 bits per heavy atom. The predicted octanol–water partition coefficient (Wildman–Crippen LogP) is 0.346. The van der Waals surface area contributed by atoms with Gasteiger partial charge in [-0.1, -0.05) is 0 Å². The fraction of sp³-hybridized carbons (Fsp3) is 0.875. The molecule has 0 spiro atoms. The zero-order chi connectivity index (χ0) is 6.93. The van der Waals surface area contributed by atoms with Crippen molar-refractivity contribution in [2.24, 2.45) is 17.8 Å². The topological polar surface area (TPSA) is 37.3 Å². The summed E-state index contributed by atoms with van der Waals surface area (Å²) >= 11 is 0. The van der Waals surface area contributed by atoms with E-state index in [2.05, 4.69) is 0 Å². The maximum absolute atomic E-state index is 11.3. The van der Waals surface area contributed by atoms with Crippen LogP contribution in [0.2, 0.25) is 0 Å². The summed E-state index contributed by atoms with van der Waals surface area (Å²) < 4.78 is 0. The molecule has 2 heteroatoms. The molecule has 54 valence electrons.